The van der Waals surface area contributed by atoms with Crippen LogP contribution in [0.1, 0.15) is 10.6 Å². The van der Waals surface area contributed by atoms with Gasteiger partial charge in [-0.15, -0.1) is 11.3 Å². The zero-order chi connectivity index (χ0) is 19.9. The molecule has 0 aliphatic heterocycles. The first-order valence-corrected chi connectivity index (χ1v) is 9.62. The van der Waals surface area contributed by atoms with Crippen molar-refractivity contribution in [3.63, 3.8) is 0 Å². The molecule has 0 saturated heterocycles. The van der Waals surface area contributed by atoms with Crippen molar-refractivity contribution in [1.29, 1.82) is 0 Å². The van der Waals surface area contributed by atoms with Gasteiger partial charge in [0.1, 0.15) is 22.3 Å². The molecule has 0 radical (unpaired) electrons. The highest BCUT2D eigenvalue weighted by Gasteiger charge is 2.11. The second-order valence-electron chi connectivity index (χ2n) is 6.11. The van der Waals surface area contributed by atoms with Crippen molar-refractivity contribution < 1.29 is 18.7 Å². The molecule has 7 heteroatoms. The van der Waals surface area contributed by atoms with E-state index in [1.807, 2.05) is 19.1 Å². The number of nitrogens with zero attached hydrogens (tertiary/aromatic N) is 1. The third-order valence-corrected chi connectivity index (χ3v) is 5.32. The Bertz CT molecular complexity index is 958. The van der Waals surface area contributed by atoms with Crippen LogP contribution in [0, 0.1) is 12.7 Å². The molecule has 28 heavy (non-hydrogen) atoms. The van der Waals surface area contributed by atoms with E-state index < -0.39 is 0 Å². The fraction of sp³-hybridized carbons (Fsp3) is 0.238. The number of carbonyl (C=O) groups excluding carboxylic acids is 1. The van der Waals surface area contributed by atoms with Gasteiger partial charge < -0.3 is 14.8 Å². The van der Waals surface area contributed by atoms with Crippen molar-refractivity contribution in [1.82, 2.24) is 10.3 Å². The number of nitrogens with one attached hydrogen (secondary N) is 1. The fourth-order valence-electron chi connectivity index (χ4n) is 2.61. The van der Waals surface area contributed by atoms with Gasteiger partial charge in [0.25, 0.3) is 5.91 Å². The van der Waals surface area contributed by atoms with Gasteiger partial charge in [0.2, 0.25) is 0 Å². The van der Waals surface area contributed by atoms with Crippen LogP contribution in [-0.2, 0) is 11.2 Å². The second-order valence-corrected chi connectivity index (χ2v) is 7.19. The zero-order valence-electron chi connectivity index (χ0n) is 15.7. The number of aryl methyl sites for hydroxylation is 1. The van der Waals surface area contributed by atoms with Crippen molar-refractivity contribution in [3.8, 4) is 22.1 Å². The van der Waals surface area contributed by atoms with E-state index in [4.69, 9.17) is 9.47 Å². The Kier molecular flexibility index (Phi) is 6.60. The molecule has 0 aliphatic rings. The van der Waals surface area contributed by atoms with E-state index in [9.17, 15) is 9.18 Å². The van der Waals surface area contributed by atoms with Crippen molar-refractivity contribution in [3.05, 3.63) is 64.9 Å². The number of carbonyl (C=O) groups is 1. The minimum Gasteiger partial charge on any atom is -0.497 e. The number of methoxy groups -OCH3 is 1. The van der Waals surface area contributed by atoms with Gasteiger partial charge in [-0.05, 0) is 31.2 Å². The van der Waals surface area contributed by atoms with Gasteiger partial charge in [0.05, 0.1) is 12.8 Å². The molecule has 0 aliphatic carbocycles. The van der Waals surface area contributed by atoms with E-state index in [1.54, 1.807) is 31.4 Å². The van der Waals surface area contributed by atoms with E-state index in [2.05, 4.69) is 10.3 Å². The molecule has 0 saturated carbocycles. The van der Waals surface area contributed by atoms with E-state index in [-0.39, 0.29) is 18.3 Å². The Balaban J connectivity index is 1.48. The van der Waals surface area contributed by atoms with Crippen LogP contribution >= 0.6 is 11.3 Å². The summed E-state index contributed by atoms with van der Waals surface area (Å²) in [4.78, 5) is 17.6. The molecule has 0 fully saturated rings. The van der Waals surface area contributed by atoms with Gasteiger partial charge in [0, 0.05) is 29.5 Å². The van der Waals surface area contributed by atoms with Gasteiger partial charge in [-0.3, -0.25) is 4.79 Å². The third-order valence-electron chi connectivity index (χ3n) is 4.05. The molecule has 3 aromatic rings. The Labute approximate surface area is 167 Å². The topological polar surface area (TPSA) is 60.5 Å². The molecular weight excluding hydrogens is 379 g/mol. The first-order valence-electron chi connectivity index (χ1n) is 8.81. The highest BCUT2D eigenvalue weighted by atomic mass is 32.1. The number of hydrogen-bond acceptors (Lipinski definition) is 5. The van der Waals surface area contributed by atoms with Crippen LogP contribution in [0.25, 0.3) is 10.6 Å². The van der Waals surface area contributed by atoms with E-state index in [0.717, 1.165) is 21.1 Å². The molecule has 1 heterocycles. The average molecular weight is 400 g/mol. The highest BCUT2D eigenvalue weighted by molar-refractivity contribution is 7.15. The lowest BCUT2D eigenvalue weighted by atomic mass is 10.2. The normalized spacial score (nSPS) is 10.5. The van der Waals surface area contributed by atoms with E-state index >= 15 is 0 Å². The molecule has 0 atom stereocenters. The number of hydrogen-bond donors (Lipinski definition) is 1. The maximum atomic E-state index is 13.4. The van der Waals surface area contributed by atoms with Gasteiger partial charge in [-0.2, -0.15) is 0 Å². The largest absolute Gasteiger partial charge is 0.497 e. The number of rotatable bonds is 8. The van der Waals surface area contributed by atoms with Crippen LogP contribution in [0.5, 0.6) is 11.5 Å². The SMILES string of the molecule is COc1cccc(OCC(=O)NCCc2sc(-c3cccc(F)c3)nc2C)c1. The first kappa shape index (κ1) is 19.8. The molecule has 1 N–H and O–H groups in total. The van der Waals surface area contributed by atoms with Gasteiger partial charge >= 0.3 is 0 Å². The van der Waals surface area contributed by atoms with Crippen LogP contribution in [0.15, 0.2) is 48.5 Å². The summed E-state index contributed by atoms with van der Waals surface area (Å²) in [6, 6.07) is 13.5. The van der Waals surface area contributed by atoms with E-state index in [1.165, 1.54) is 23.5 Å². The van der Waals surface area contributed by atoms with Crippen LogP contribution < -0.4 is 14.8 Å². The quantitative estimate of drug-likeness (QED) is 0.621. The highest BCUT2D eigenvalue weighted by Crippen LogP contribution is 2.28. The second kappa shape index (κ2) is 9.32. The summed E-state index contributed by atoms with van der Waals surface area (Å²) in [5.41, 5.74) is 1.65. The predicted molar refractivity (Wildman–Crippen MR) is 107 cm³/mol. The van der Waals surface area contributed by atoms with Crippen LogP contribution in [0.2, 0.25) is 0 Å². The van der Waals surface area contributed by atoms with Crippen LogP contribution in [-0.4, -0.2) is 31.2 Å². The van der Waals surface area contributed by atoms with Gasteiger partial charge in [-0.25, -0.2) is 9.37 Å². The smallest absolute Gasteiger partial charge is 0.257 e. The Morgan fingerprint density at radius 2 is 1.96 bits per heavy atom. The van der Waals surface area contributed by atoms with Gasteiger partial charge in [0.15, 0.2) is 6.61 Å². The molecule has 0 unspecified atom stereocenters. The van der Waals surface area contributed by atoms with Crippen LogP contribution in [0.3, 0.4) is 0 Å². The zero-order valence-corrected chi connectivity index (χ0v) is 16.5. The number of thiazole rings is 1. The maximum Gasteiger partial charge on any atom is 0.257 e. The standard InChI is InChI=1S/C21H21FN2O3S/c1-14-19(28-21(24-14)15-5-3-6-16(22)11-15)9-10-23-20(25)13-27-18-8-4-7-17(12-18)26-2/h3-8,11-12H,9-10,13H2,1-2H3,(H,23,25). The molecule has 0 bridgehead atoms. The van der Waals surface area contributed by atoms with Crippen LogP contribution in [0.4, 0.5) is 4.39 Å². The number of halogens is 1. The third kappa shape index (κ3) is 5.29. The molecule has 5 nitrogen and oxygen atoms in total. The molecule has 3 rings (SSSR count). The summed E-state index contributed by atoms with van der Waals surface area (Å²) < 4.78 is 24.0. The van der Waals surface area contributed by atoms with Crippen molar-refractivity contribution in [2.45, 2.75) is 13.3 Å². The fourth-order valence-corrected chi connectivity index (χ4v) is 3.67. The van der Waals surface area contributed by atoms with Crippen molar-refractivity contribution in [2.24, 2.45) is 0 Å². The average Bonchev–Trinajstić information content (AvgIpc) is 3.07. The lowest BCUT2D eigenvalue weighted by Crippen LogP contribution is -2.30. The summed E-state index contributed by atoms with van der Waals surface area (Å²) in [5, 5.41) is 3.62. The number of benzene rings is 2. The summed E-state index contributed by atoms with van der Waals surface area (Å²) in [6.45, 7) is 2.33. The lowest BCUT2D eigenvalue weighted by Gasteiger charge is -2.08. The molecular formula is C21H21FN2O3S. The monoisotopic (exact) mass is 400 g/mol. The maximum absolute atomic E-state index is 13.4. The Morgan fingerprint density at radius 3 is 2.75 bits per heavy atom. The summed E-state index contributed by atoms with van der Waals surface area (Å²) in [5.74, 6) is 0.769. The first-order chi connectivity index (χ1) is 13.5. The lowest BCUT2D eigenvalue weighted by molar-refractivity contribution is -0.123. The summed E-state index contributed by atoms with van der Waals surface area (Å²) in [7, 11) is 1.58. The number of ether oxygens (including phenoxy) is 2. The van der Waals surface area contributed by atoms with Crippen molar-refractivity contribution in [2.75, 3.05) is 20.3 Å². The molecule has 1 aromatic heterocycles. The van der Waals surface area contributed by atoms with Gasteiger partial charge in [-0.1, -0.05) is 18.2 Å². The number of amides is 1. The summed E-state index contributed by atoms with van der Waals surface area (Å²) >= 11 is 1.51. The number of aromatic nitrogens is 1. The minimum atomic E-state index is -0.282. The molecule has 146 valence electrons. The Morgan fingerprint density at radius 1 is 1.18 bits per heavy atom. The minimum absolute atomic E-state index is 0.0661. The predicted octanol–water partition coefficient (Wildman–Crippen LogP) is 4.00. The Hall–Kier alpha value is -2.93. The van der Waals surface area contributed by atoms with E-state index in [0.29, 0.717) is 24.5 Å². The molecule has 0 spiro atoms. The molecule has 2 aromatic carbocycles. The summed E-state index contributed by atoms with van der Waals surface area (Å²) in [6.07, 6.45) is 0.656. The molecule has 1 amide bonds. The van der Waals surface area contributed by atoms with Crippen molar-refractivity contribution >= 4 is 17.2 Å².